The number of ether oxygens (including phenoxy) is 2. The van der Waals surface area contributed by atoms with Crippen LogP contribution in [0.1, 0.15) is 95.3 Å². The lowest BCUT2D eigenvalue weighted by Crippen LogP contribution is -2.46. The maximum Gasteiger partial charge on any atom is 0.329 e. The van der Waals surface area contributed by atoms with Gasteiger partial charge in [0, 0.05) is 117 Å². The number of carbonyl (C=O) groups is 2. The van der Waals surface area contributed by atoms with E-state index in [1.165, 1.54) is 11.3 Å². The zero-order chi connectivity index (χ0) is 51.2. The van der Waals surface area contributed by atoms with Gasteiger partial charge in [-0.05, 0) is 123 Å². The summed E-state index contributed by atoms with van der Waals surface area (Å²) in [4.78, 5) is 31.4. The molecule has 6 atom stereocenters. The number of aliphatic hydroxyl groups is 2. The molecule has 1 saturated carbocycles. The van der Waals surface area contributed by atoms with E-state index in [9.17, 15) is 37.4 Å². The number of fused-ring (bicyclic) bond motifs is 6. The smallest absolute Gasteiger partial charge is 0.329 e. The number of hydrogen-bond acceptors (Lipinski definition) is 10. The van der Waals surface area contributed by atoms with Gasteiger partial charge in [0.15, 0.2) is 24.8 Å². The summed E-state index contributed by atoms with van der Waals surface area (Å²) in [5, 5.41) is 35.6. The monoisotopic (exact) mass is 1210 g/mol. The predicted molar refractivity (Wildman–Crippen MR) is 285 cm³/mol. The number of aromatic nitrogens is 4. The van der Waals surface area contributed by atoms with Crippen molar-refractivity contribution in [2.75, 3.05) is 23.0 Å². The third-order valence-electron chi connectivity index (χ3n) is 13.7. The molecule has 0 bridgehead atoms. The van der Waals surface area contributed by atoms with Crippen LogP contribution < -0.4 is 19.3 Å². The fourth-order valence-electron chi connectivity index (χ4n) is 10.7. The molecule has 0 spiro atoms. The van der Waals surface area contributed by atoms with Crippen LogP contribution in [-0.4, -0.2) is 99.6 Å². The van der Waals surface area contributed by atoms with Crippen molar-refractivity contribution in [2.24, 2.45) is 0 Å². The largest absolute Gasteiger partial charge is 0.486 e. The molecule has 12 nitrogen and oxygen atoms in total. The van der Waals surface area contributed by atoms with Crippen LogP contribution in [-0.2, 0) is 12.8 Å². The van der Waals surface area contributed by atoms with Crippen molar-refractivity contribution < 1.29 is 46.8 Å². The van der Waals surface area contributed by atoms with E-state index in [1.807, 2.05) is 44.2 Å². The van der Waals surface area contributed by atoms with Gasteiger partial charge in [-0.25, -0.2) is 0 Å². The van der Waals surface area contributed by atoms with E-state index in [0.717, 1.165) is 96.5 Å². The second kappa shape index (κ2) is 20.9. The lowest BCUT2D eigenvalue weighted by molar-refractivity contribution is 0.0343. The van der Waals surface area contributed by atoms with E-state index >= 15 is 0 Å². The Balaban J connectivity index is 0.000000178. The fourth-order valence-corrected chi connectivity index (χ4v) is 11.0. The Morgan fingerprint density at radius 2 is 1.15 bits per heavy atom. The first kappa shape index (κ1) is 51.6. The Hall–Kier alpha value is -5.32. The van der Waals surface area contributed by atoms with Crippen LogP contribution in [0.5, 0.6) is 11.5 Å². The van der Waals surface area contributed by atoms with Crippen LogP contribution in [0.15, 0.2) is 109 Å². The van der Waals surface area contributed by atoms with Gasteiger partial charge in [0.25, 0.3) is 0 Å². The average Bonchev–Trinajstić information content (AvgIpc) is 4.21. The van der Waals surface area contributed by atoms with Gasteiger partial charge in [0.05, 0.1) is 41.0 Å². The van der Waals surface area contributed by atoms with Gasteiger partial charge in [0.2, 0.25) is 0 Å². The highest BCUT2D eigenvalue weighted by Gasteiger charge is 2.52. The summed E-state index contributed by atoms with van der Waals surface area (Å²) >= 11 is 2.08. The Kier molecular flexibility index (Phi) is 15.0. The Morgan fingerprint density at radius 1 is 0.694 bits per heavy atom. The number of rotatable bonds is 16. The summed E-state index contributed by atoms with van der Waals surface area (Å²) in [5.74, 6) is 0.787. The van der Waals surface area contributed by atoms with Gasteiger partial charge in [-0.15, -0.1) is 0 Å². The molecule has 72 heavy (non-hydrogen) atoms. The molecule has 4 heterocycles. The predicted octanol–water partition coefficient (Wildman–Crippen LogP) is 11.3. The lowest BCUT2D eigenvalue weighted by atomic mass is 9.90. The number of hydrogen-bond donors (Lipinski definition) is 4. The van der Waals surface area contributed by atoms with Gasteiger partial charge in [-0.2, -0.15) is 27.8 Å². The molecule has 6 unspecified atom stereocenters. The number of Topliss-reactive ketones (excluding diaryl/α,β-unsaturated/α-hetero) is 2. The fraction of sp³-hybridized carbons (Fsp3) is 0.370. The standard InChI is InChI=1S/C27H28F2IN3O4.C27H26F2IN3O2/c1-14(2)33-24-18(19-12-23(35)26(36)25(19)33)10-16(11-20(24)21-7-8-31-32-21)22(34)9-15-3-5-17(6-4-15)37-13-27(28,29)30;1-16(2)33-24-5-3-4-20(24)21-13-18(14-22(26(21)33)23-10-11-31-32-23)25(34)12-17-6-8-19(9-7-17)35-15-27(28,29)30/h3-8,10-11,14,19,23,25-26,35-36H,9,12-13H2,1-2H3,(H,31,32);3,5-11,13-14,16,20,24H,4,12,15H2,1-2H3,(H,31,32). The van der Waals surface area contributed by atoms with Crippen molar-refractivity contribution in [1.82, 2.24) is 20.4 Å². The van der Waals surface area contributed by atoms with Crippen molar-refractivity contribution in [3.8, 4) is 34.0 Å². The molecule has 6 aromatic rings. The number of anilines is 2. The summed E-state index contributed by atoms with van der Waals surface area (Å²) in [7, 11) is 0. The first-order valence-corrected chi connectivity index (χ1v) is 26.0. The first-order chi connectivity index (χ1) is 34.2. The average molecular weight is 1210 g/mol. The summed E-state index contributed by atoms with van der Waals surface area (Å²) in [6.45, 7) is 7.07. The molecule has 18 heteroatoms. The first-order valence-electron chi connectivity index (χ1n) is 23.8. The number of nitrogens with one attached hydrogen (secondary N) is 2. The van der Waals surface area contributed by atoms with Crippen molar-refractivity contribution in [1.29, 1.82) is 0 Å². The number of allylic oxidation sites excluding steroid dienone is 1. The van der Waals surface area contributed by atoms with E-state index in [-0.39, 0.29) is 42.4 Å². The number of aromatic amines is 2. The van der Waals surface area contributed by atoms with Gasteiger partial charge in [-0.1, -0.05) is 36.4 Å². The number of halogens is 6. The second-order valence-corrected chi connectivity index (χ2v) is 22.5. The minimum Gasteiger partial charge on any atom is -0.486 e. The summed E-state index contributed by atoms with van der Waals surface area (Å²) < 4.78 is 56.5. The van der Waals surface area contributed by atoms with Crippen LogP contribution in [0.25, 0.3) is 22.5 Å². The third-order valence-corrected chi connectivity index (χ3v) is 14.4. The molecule has 0 radical (unpaired) electrons. The molecular formula is C54H54F4I2N6O6. The number of alkyl halides is 6. The summed E-state index contributed by atoms with van der Waals surface area (Å²) in [6.07, 6.45) is 7.88. The van der Waals surface area contributed by atoms with Crippen molar-refractivity contribution in [2.45, 2.75) is 109 Å². The van der Waals surface area contributed by atoms with Gasteiger partial charge in [-0.3, -0.25) is 19.8 Å². The highest BCUT2D eigenvalue weighted by molar-refractivity contribution is 14.1. The maximum atomic E-state index is 13.4. The molecule has 4 aromatic carbocycles. The number of benzene rings is 4. The zero-order valence-corrected chi connectivity index (χ0v) is 44.2. The van der Waals surface area contributed by atoms with Gasteiger partial charge < -0.3 is 29.5 Å². The maximum absolute atomic E-state index is 13.4. The van der Waals surface area contributed by atoms with E-state index in [4.69, 9.17) is 9.47 Å². The molecule has 10 rings (SSSR count). The van der Waals surface area contributed by atoms with Gasteiger partial charge >= 0.3 is 7.86 Å². The topological polar surface area (TPSA) is 157 Å². The highest BCUT2D eigenvalue weighted by Crippen LogP contribution is 2.54. The molecule has 378 valence electrons. The Bertz CT molecular complexity index is 2930. The quantitative estimate of drug-likeness (QED) is 0.0242. The van der Waals surface area contributed by atoms with Crippen LogP contribution in [0.2, 0.25) is 0 Å². The van der Waals surface area contributed by atoms with Crippen molar-refractivity contribution >= 4 is 68.1 Å². The molecule has 0 amide bonds. The van der Waals surface area contributed by atoms with E-state index in [2.05, 4.69) is 62.3 Å². The van der Waals surface area contributed by atoms with E-state index < -0.39 is 33.3 Å². The third kappa shape index (κ3) is 11.0. The summed E-state index contributed by atoms with van der Waals surface area (Å²) in [6, 6.07) is 25.2. The molecule has 2 aromatic heterocycles. The van der Waals surface area contributed by atoms with E-state index in [1.54, 1.807) is 60.9 Å². The van der Waals surface area contributed by atoms with Crippen LogP contribution in [0.4, 0.5) is 28.9 Å². The minimum absolute atomic E-state index is 0.00605. The SMILES string of the molecule is CC(C)N1c2c(-c3ccn[nH]3)cc(C(=O)Cc3ccc(OCC(F)(F)I)cc3)cc2C2CC(O)C(O)C21.CC(C)N1c2c(-c3ccn[nH]3)cc(C(=O)Cc3ccc(OCC(F)(F)I)cc3)cc2C2CC=CC21. The molecule has 2 aliphatic carbocycles. The highest BCUT2D eigenvalue weighted by atomic mass is 127. The second-order valence-electron chi connectivity index (χ2n) is 19.3. The van der Waals surface area contributed by atoms with Crippen LogP contribution in [0.3, 0.4) is 0 Å². The number of carbonyl (C=O) groups excluding carboxylic acids is 2. The Labute approximate surface area is 441 Å². The molecule has 2 aliphatic heterocycles. The number of ketones is 2. The molecule has 4 aliphatic rings. The zero-order valence-electron chi connectivity index (χ0n) is 39.8. The Morgan fingerprint density at radius 3 is 1.58 bits per heavy atom. The molecule has 4 N–H and O–H groups in total. The minimum atomic E-state index is -2.96. The molecule has 0 saturated heterocycles. The molecule has 1 fully saturated rings. The van der Waals surface area contributed by atoms with Crippen molar-refractivity contribution in [3.05, 3.63) is 143 Å². The normalized spacial score (nSPS) is 20.9. The number of nitrogens with zero attached hydrogens (tertiary/aromatic N) is 4. The molecular weight excluding hydrogens is 1160 g/mol. The van der Waals surface area contributed by atoms with Gasteiger partial charge in [0.1, 0.15) is 17.6 Å². The van der Waals surface area contributed by atoms with E-state index in [0.29, 0.717) is 47.0 Å². The van der Waals surface area contributed by atoms with Crippen LogP contribution in [0, 0.1) is 0 Å². The lowest BCUT2D eigenvalue weighted by Gasteiger charge is -2.34. The summed E-state index contributed by atoms with van der Waals surface area (Å²) in [5.41, 5.74) is 10.4. The number of H-pyrrole nitrogens is 2. The van der Waals surface area contributed by atoms with Crippen molar-refractivity contribution in [3.63, 3.8) is 0 Å². The van der Waals surface area contributed by atoms with Crippen LogP contribution >= 0.6 is 45.2 Å². The number of aliphatic hydroxyl groups excluding tert-OH is 2.